The van der Waals surface area contributed by atoms with E-state index in [0.29, 0.717) is 12.6 Å². The third-order valence-electron chi connectivity index (χ3n) is 2.64. The summed E-state index contributed by atoms with van der Waals surface area (Å²) < 4.78 is 5.62. The molecule has 16 heavy (non-hydrogen) atoms. The summed E-state index contributed by atoms with van der Waals surface area (Å²) in [5, 5.41) is 0. The first-order chi connectivity index (χ1) is 7.75. The number of aromatic nitrogens is 2. The van der Waals surface area contributed by atoms with Crippen LogP contribution >= 0.6 is 0 Å². The van der Waals surface area contributed by atoms with Gasteiger partial charge in [-0.15, -0.1) is 0 Å². The van der Waals surface area contributed by atoms with Crippen LogP contribution in [0.5, 0.6) is 6.01 Å². The quantitative estimate of drug-likeness (QED) is 0.743. The lowest BCUT2D eigenvalue weighted by Crippen LogP contribution is -2.43. The van der Waals surface area contributed by atoms with Crippen LogP contribution < -0.4 is 4.74 Å². The van der Waals surface area contributed by atoms with Gasteiger partial charge in [0.2, 0.25) is 5.91 Å². The van der Waals surface area contributed by atoms with Crippen molar-refractivity contribution in [1.82, 2.24) is 14.9 Å². The second-order valence-electron chi connectivity index (χ2n) is 3.88. The Bertz CT molecular complexity index is 356. The summed E-state index contributed by atoms with van der Waals surface area (Å²) in [5.41, 5.74) is 0. The van der Waals surface area contributed by atoms with Crippen LogP contribution in [0.1, 0.15) is 19.8 Å². The normalized spacial score (nSPS) is 20.6. The number of nitrogens with zero attached hydrogens (tertiary/aromatic N) is 3. The molecule has 1 fully saturated rings. The van der Waals surface area contributed by atoms with Gasteiger partial charge in [-0.2, -0.15) is 0 Å². The molecule has 1 aliphatic rings. The SMILES string of the molecule is CC(=O)N1CCCC(Oc2ncccn2)C1. The number of ether oxygens (including phenoxy) is 1. The van der Waals surface area contributed by atoms with Gasteiger partial charge in [-0.1, -0.05) is 0 Å². The zero-order valence-corrected chi connectivity index (χ0v) is 9.30. The van der Waals surface area contributed by atoms with Gasteiger partial charge < -0.3 is 9.64 Å². The largest absolute Gasteiger partial charge is 0.458 e. The molecule has 1 aromatic rings. The van der Waals surface area contributed by atoms with Crippen molar-refractivity contribution in [2.45, 2.75) is 25.9 Å². The first-order valence-electron chi connectivity index (χ1n) is 5.45. The molecule has 1 saturated heterocycles. The average molecular weight is 221 g/mol. The lowest BCUT2D eigenvalue weighted by atomic mass is 10.1. The molecule has 5 nitrogen and oxygen atoms in total. The van der Waals surface area contributed by atoms with E-state index in [1.807, 2.05) is 0 Å². The van der Waals surface area contributed by atoms with Crippen LogP contribution in [0, 0.1) is 0 Å². The number of amides is 1. The third kappa shape index (κ3) is 2.68. The van der Waals surface area contributed by atoms with Crippen LogP contribution in [-0.4, -0.2) is 40.0 Å². The molecule has 1 atom stereocenters. The standard InChI is InChI=1S/C11H15N3O2/c1-9(15)14-7-2-4-10(8-14)16-11-12-5-3-6-13-11/h3,5-6,10H,2,4,7-8H2,1H3. The number of carbonyl (C=O) groups is 1. The number of hydrogen-bond donors (Lipinski definition) is 0. The van der Waals surface area contributed by atoms with E-state index in [1.165, 1.54) is 0 Å². The van der Waals surface area contributed by atoms with E-state index >= 15 is 0 Å². The van der Waals surface area contributed by atoms with E-state index in [1.54, 1.807) is 30.3 Å². The molecule has 0 N–H and O–H groups in total. The lowest BCUT2D eigenvalue weighted by Gasteiger charge is -2.31. The van der Waals surface area contributed by atoms with Crippen molar-refractivity contribution in [3.05, 3.63) is 18.5 Å². The summed E-state index contributed by atoms with van der Waals surface area (Å²) >= 11 is 0. The van der Waals surface area contributed by atoms with Gasteiger partial charge in [0.25, 0.3) is 0 Å². The topological polar surface area (TPSA) is 55.3 Å². The predicted molar refractivity (Wildman–Crippen MR) is 57.9 cm³/mol. The Morgan fingerprint density at radius 1 is 1.50 bits per heavy atom. The second kappa shape index (κ2) is 4.92. The highest BCUT2D eigenvalue weighted by Crippen LogP contribution is 2.14. The predicted octanol–water partition coefficient (Wildman–Crippen LogP) is 0.866. The minimum absolute atomic E-state index is 0.0139. The third-order valence-corrected chi connectivity index (χ3v) is 2.64. The van der Waals surface area contributed by atoms with Crippen LogP contribution in [0.4, 0.5) is 0 Å². The highest BCUT2D eigenvalue weighted by atomic mass is 16.5. The van der Waals surface area contributed by atoms with Crippen LogP contribution in [0.25, 0.3) is 0 Å². The molecule has 0 bridgehead atoms. The van der Waals surface area contributed by atoms with Gasteiger partial charge in [-0.05, 0) is 18.9 Å². The van der Waals surface area contributed by atoms with Gasteiger partial charge in [0.15, 0.2) is 0 Å². The number of hydrogen-bond acceptors (Lipinski definition) is 4. The Kier molecular flexibility index (Phi) is 3.34. The molecule has 0 saturated carbocycles. The summed E-state index contributed by atoms with van der Waals surface area (Å²) in [6, 6.07) is 2.13. The molecule has 1 aliphatic heterocycles. The van der Waals surface area contributed by atoms with E-state index in [4.69, 9.17) is 4.74 Å². The van der Waals surface area contributed by atoms with Crippen molar-refractivity contribution in [3.63, 3.8) is 0 Å². The fraction of sp³-hybridized carbons (Fsp3) is 0.545. The Morgan fingerprint density at radius 2 is 2.25 bits per heavy atom. The Hall–Kier alpha value is -1.65. The van der Waals surface area contributed by atoms with Crippen molar-refractivity contribution >= 4 is 5.91 Å². The van der Waals surface area contributed by atoms with Gasteiger partial charge >= 0.3 is 6.01 Å². The van der Waals surface area contributed by atoms with E-state index in [-0.39, 0.29) is 12.0 Å². The van der Waals surface area contributed by atoms with Gasteiger partial charge in [0.05, 0.1) is 6.54 Å². The smallest absolute Gasteiger partial charge is 0.316 e. The minimum Gasteiger partial charge on any atom is -0.458 e. The maximum absolute atomic E-state index is 11.2. The molecule has 1 amide bonds. The van der Waals surface area contributed by atoms with Crippen molar-refractivity contribution in [3.8, 4) is 6.01 Å². The summed E-state index contributed by atoms with van der Waals surface area (Å²) in [6.07, 6.45) is 5.22. The fourth-order valence-corrected chi connectivity index (χ4v) is 1.82. The fourth-order valence-electron chi connectivity index (χ4n) is 1.82. The van der Waals surface area contributed by atoms with Crippen LogP contribution in [0.3, 0.4) is 0 Å². The lowest BCUT2D eigenvalue weighted by molar-refractivity contribution is -0.131. The first-order valence-corrected chi connectivity index (χ1v) is 5.45. The van der Waals surface area contributed by atoms with Gasteiger partial charge in [0.1, 0.15) is 6.10 Å². The van der Waals surface area contributed by atoms with E-state index < -0.39 is 0 Å². The number of rotatable bonds is 2. The monoisotopic (exact) mass is 221 g/mol. The Balaban J connectivity index is 1.93. The van der Waals surface area contributed by atoms with E-state index in [9.17, 15) is 4.79 Å². The van der Waals surface area contributed by atoms with Gasteiger partial charge in [0, 0.05) is 25.9 Å². The second-order valence-corrected chi connectivity index (χ2v) is 3.88. The highest BCUT2D eigenvalue weighted by molar-refractivity contribution is 5.73. The van der Waals surface area contributed by atoms with Crippen LogP contribution in [0.2, 0.25) is 0 Å². The van der Waals surface area contributed by atoms with Crippen LogP contribution in [-0.2, 0) is 4.79 Å². The maximum atomic E-state index is 11.2. The van der Waals surface area contributed by atoms with Crippen LogP contribution in [0.15, 0.2) is 18.5 Å². The molecule has 2 heterocycles. The summed E-state index contributed by atoms with van der Waals surface area (Å²) in [6.45, 7) is 3.04. The zero-order valence-electron chi connectivity index (χ0n) is 9.30. The molecular weight excluding hydrogens is 206 g/mol. The van der Waals surface area contributed by atoms with E-state index in [0.717, 1.165) is 19.4 Å². The van der Waals surface area contributed by atoms with Crippen molar-refractivity contribution in [2.24, 2.45) is 0 Å². The summed E-state index contributed by atoms with van der Waals surface area (Å²) in [5.74, 6) is 0.0993. The molecular formula is C11H15N3O2. The molecule has 0 aliphatic carbocycles. The van der Waals surface area contributed by atoms with Crippen molar-refractivity contribution in [1.29, 1.82) is 0 Å². The number of carbonyl (C=O) groups excluding carboxylic acids is 1. The zero-order chi connectivity index (χ0) is 11.4. The first kappa shape index (κ1) is 10.9. The summed E-state index contributed by atoms with van der Waals surface area (Å²) in [7, 11) is 0. The van der Waals surface area contributed by atoms with Crippen molar-refractivity contribution in [2.75, 3.05) is 13.1 Å². The summed E-state index contributed by atoms with van der Waals surface area (Å²) in [4.78, 5) is 21.1. The Morgan fingerprint density at radius 3 is 2.94 bits per heavy atom. The molecule has 0 spiro atoms. The molecule has 2 rings (SSSR count). The van der Waals surface area contributed by atoms with Crippen molar-refractivity contribution < 1.29 is 9.53 Å². The van der Waals surface area contributed by atoms with Gasteiger partial charge in [-0.25, -0.2) is 9.97 Å². The van der Waals surface area contributed by atoms with E-state index in [2.05, 4.69) is 9.97 Å². The Labute approximate surface area is 94.5 Å². The van der Waals surface area contributed by atoms with Gasteiger partial charge in [-0.3, -0.25) is 4.79 Å². The average Bonchev–Trinajstić information content (AvgIpc) is 2.30. The highest BCUT2D eigenvalue weighted by Gasteiger charge is 2.23. The molecule has 0 aromatic carbocycles. The molecule has 5 heteroatoms. The molecule has 0 radical (unpaired) electrons. The molecule has 1 aromatic heterocycles. The number of likely N-dealkylation sites (tertiary alicyclic amines) is 1. The molecule has 1 unspecified atom stereocenters. The maximum Gasteiger partial charge on any atom is 0.316 e. The minimum atomic E-state index is 0.0139. The molecule has 86 valence electrons. The number of piperidine rings is 1.